The molecule has 0 spiro atoms. The standard InChI is InChI=1S/C24H28N6OS/c1-3-18(2)30-23(19-10-5-4-6-11-19)27-28-24(30)32-16-22(31)25-14-9-15-29-17-26-20-12-7-8-13-21(20)29/h4-8,10-13,17-18H,3,9,14-16H2,1-2H3,(H,25,31). The van der Waals surface area contributed by atoms with Crippen molar-refractivity contribution in [1.29, 1.82) is 0 Å². The van der Waals surface area contributed by atoms with Gasteiger partial charge >= 0.3 is 0 Å². The third-order valence-corrected chi connectivity index (χ3v) is 6.43. The van der Waals surface area contributed by atoms with Gasteiger partial charge in [-0.3, -0.25) is 9.36 Å². The second-order valence-corrected chi connectivity index (χ2v) is 8.66. The van der Waals surface area contributed by atoms with Gasteiger partial charge in [-0.2, -0.15) is 0 Å². The minimum atomic E-state index is 0.00505. The van der Waals surface area contributed by atoms with Gasteiger partial charge in [-0.25, -0.2) is 4.98 Å². The number of nitrogens with zero attached hydrogens (tertiary/aromatic N) is 5. The van der Waals surface area contributed by atoms with Crippen LogP contribution in [0, 0.1) is 0 Å². The fourth-order valence-corrected chi connectivity index (χ4v) is 4.45. The molecule has 1 unspecified atom stereocenters. The van der Waals surface area contributed by atoms with Gasteiger partial charge < -0.3 is 9.88 Å². The molecule has 4 rings (SSSR count). The molecule has 1 N–H and O–H groups in total. The van der Waals surface area contributed by atoms with Gasteiger partial charge in [-0.15, -0.1) is 10.2 Å². The van der Waals surface area contributed by atoms with E-state index in [0.29, 0.717) is 12.3 Å². The molecule has 0 saturated carbocycles. The summed E-state index contributed by atoms with van der Waals surface area (Å²) in [5.41, 5.74) is 3.14. The molecule has 32 heavy (non-hydrogen) atoms. The molecule has 2 aromatic heterocycles. The molecule has 1 amide bonds. The number of aryl methyl sites for hydroxylation is 1. The van der Waals surface area contributed by atoms with E-state index in [1.54, 1.807) is 0 Å². The van der Waals surface area contributed by atoms with Gasteiger partial charge in [0.1, 0.15) is 0 Å². The minimum absolute atomic E-state index is 0.00505. The molecule has 0 fully saturated rings. The number of thioether (sulfide) groups is 1. The zero-order chi connectivity index (χ0) is 22.3. The van der Waals surface area contributed by atoms with Crippen LogP contribution in [0.1, 0.15) is 32.7 Å². The number of fused-ring (bicyclic) bond motifs is 1. The van der Waals surface area contributed by atoms with Crippen molar-refractivity contribution in [2.45, 2.75) is 44.4 Å². The van der Waals surface area contributed by atoms with Crippen LogP contribution in [0.5, 0.6) is 0 Å². The van der Waals surface area contributed by atoms with Crippen molar-refractivity contribution in [1.82, 2.24) is 29.6 Å². The Labute approximate surface area is 192 Å². The Morgan fingerprint density at radius 3 is 2.69 bits per heavy atom. The van der Waals surface area contributed by atoms with Crippen molar-refractivity contribution < 1.29 is 4.79 Å². The molecule has 1 atom stereocenters. The monoisotopic (exact) mass is 448 g/mol. The zero-order valence-electron chi connectivity index (χ0n) is 18.4. The number of imidazole rings is 1. The first kappa shape index (κ1) is 22.1. The second-order valence-electron chi connectivity index (χ2n) is 7.72. The molecule has 0 aliphatic rings. The van der Waals surface area contributed by atoms with Crippen molar-refractivity contribution in [3.05, 3.63) is 60.9 Å². The normalized spacial score (nSPS) is 12.2. The lowest BCUT2D eigenvalue weighted by Crippen LogP contribution is -2.27. The van der Waals surface area contributed by atoms with Crippen LogP contribution in [0.4, 0.5) is 0 Å². The first-order valence-electron chi connectivity index (χ1n) is 11.0. The highest BCUT2D eigenvalue weighted by Crippen LogP contribution is 2.28. The number of hydrogen-bond acceptors (Lipinski definition) is 5. The Morgan fingerprint density at radius 2 is 1.88 bits per heavy atom. The van der Waals surface area contributed by atoms with Crippen molar-refractivity contribution >= 4 is 28.7 Å². The quantitative estimate of drug-likeness (QED) is 0.284. The van der Waals surface area contributed by atoms with Gasteiger partial charge in [0.05, 0.1) is 23.1 Å². The molecule has 2 aromatic carbocycles. The van der Waals surface area contributed by atoms with Gasteiger partial charge in [0, 0.05) is 24.7 Å². The lowest BCUT2D eigenvalue weighted by molar-refractivity contribution is -0.118. The largest absolute Gasteiger partial charge is 0.355 e. The lowest BCUT2D eigenvalue weighted by Gasteiger charge is -2.16. The van der Waals surface area contributed by atoms with E-state index in [1.807, 2.05) is 54.9 Å². The summed E-state index contributed by atoms with van der Waals surface area (Å²) in [6.45, 7) is 5.74. The zero-order valence-corrected chi connectivity index (χ0v) is 19.3. The van der Waals surface area contributed by atoms with Crippen molar-refractivity contribution in [2.75, 3.05) is 12.3 Å². The molecule has 0 bridgehead atoms. The average molecular weight is 449 g/mol. The molecule has 0 aliphatic heterocycles. The van der Waals surface area contributed by atoms with Crippen LogP contribution in [0.3, 0.4) is 0 Å². The predicted octanol–water partition coefficient (Wildman–Crippen LogP) is 4.56. The van der Waals surface area contributed by atoms with Gasteiger partial charge in [-0.05, 0) is 31.9 Å². The number of rotatable bonds is 10. The molecular formula is C24H28N6OS. The summed E-state index contributed by atoms with van der Waals surface area (Å²) >= 11 is 1.43. The van der Waals surface area contributed by atoms with E-state index in [-0.39, 0.29) is 11.9 Å². The van der Waals surface area contributed by atoms with Gasteiger partial charge in [0.15, 0.2) is 11.0 Å². The number of aromatic nitrogens is 5. The fraction of sp³-hybridized carbons (Fsp3) is 0.333. The van der Waals surface area contributed by atoms with Crippen LogP contribution in [0.2, 0.25) is 0 Å². The van der Waals surface area contributed by atoms with E-state index in [2.05, 4.69) is 49.5 Å². The maximum absolute atomic E-state index is 12.4. The Balaban J connectivity index is 1.30. The van der Waals surface area contributed by atoms with Crippen LogP contribution in [-0.2, 0) is 11.3 Å². The van der Waals surface area contributed by atoms with E-state index in [1.165, 1.54) is 11.8 Å². The van der Waals surface area contributed by atoms with Crippen molar-refractivity contribution in [3.63, 3.8) is 0 Å². The van der Waals surface area contributed by atoms with Crippen LogP contribution in [-0.4, -0.2) is 42.5 Å². The number of carbonyl (C=O) groups is 1. The number of para-hydroxylation sites is 2. The highest BCUT2D eigenvalue weighted by atomic mass is 32.2. The summed E-state index contributed by atoms with van der Waals surface area (Å²) in [6, 6.07) is 18.4. The molecule has 0 saturated heterocycles. The summed E-state index contributed by atoms with van der Waals surface area (Å²) in [4.78, 5) is 16.8. The van der Waals surface area contributed by atoms with Crippen LogP contribution in [0.25, 0.3) is 22.4 Å². The maximum Gasteiger partial charge on any atom is 0.230 e. The molecule has 0 radical (unpaired) electrons. The predicted molar refractivity (Wildman–Crippen MR) is 129 cm³/mol. The summed E-state index contributed by atoms with van der Waals surface area (Å²) in [5, 5.41) is 12.6. The molecular weight excluding hydrogens is 420 g/mol. The van der Waals surface area contributed by atoms with E-state index < -0.39 is 0 Å². The van der Waals surface area contributed by atoms with E-state index in [4.69, 9.17) is 0 Å². The Hall–Kier alpha value is -3.13. The van der Waals surface area contributed by atoms with Crippen LogP contribution in [0.15, 0.2) is 66.1 Å². The average Bonchev–Trinajstić information content (AvgIpc) is 3.45. The highest BCUT2D eigenvalue weighted by Gasteiger charge is 2.19. The van der Waals surface area contributed by atoms with Crippen molar-refractivity contribution in [2.24, 2.45) is 0 Å². The number of nitrogens with one attached hydrogen (secondary N) is 1. The van der Waals surface area contributed by atoms with E-state index in [9.17, 15) is 4.79 Å². The molecule has 8 heteroatoms. The van der Waals surface area contributed by atoms with Gasteiger partial charge in [0.2, 0.25) is 5.91 Å². The van der Waals surface area contributed by atoms with E-state index in [0.717, 1.165) is 47.0 Å². The van der Waals surface area contributed by atoms with Crippen LogP contribution < -0.4 is 5.32 Å². The smallest absolute Gasteiger partial charge is 0.230 e. The third kappa shape index (κ3) is 5.02. The molecule has 0 aliphatic carbocycles. The topological polar surface area (TPSA) is 77.6 Å². The molecule has 166 valence electrons. The molecule has 7 nitrogen and oxygen atoms in total. The Kier molecular flexibility index (Phi) is 7.21. The maximum atomic E-state index is 12.4. The minimum Gasteiger partial charge on any atom is -0.355 e. The highest BCUT2D eigenvalue weighted by molar-refractivity contribution is 7.99. The molecule has 2 heterocycles. The van der Waals surface area contributed by atoms with Gasteiger partial charge in [-0.1, -0.05) is 61.2 Å². The summed E-state index contributed by atoms with van der Waals surface area (Å²) in [7, 11) is 0. The lowest BCUT2D eigenvalue weighted by atomic mass is 10.2. The first-order valence-corrected chi connectivity index (χ1v) is 12.0. The number of amides is 1. The summed E-state index contributed by atoms with van der Waals surface area (Å²) in [5.74, 6) is 1.16. The number of benzene rings is 2. The first-order chi connectivity index (χ1) is 15.7. The Bertz CT molecular complexity index is 1170. The molecule has 4 aromatic rings. The van der Waals surface area contributed by atoms with Crippen molar-refractivity contribution in [3.8, 4) is 11.4 Å². The Morgan fingerprint density at radius 1 is 1.09 bits per heavy atom. The SMILES string of the molecule is CCC(C)n1c(SCC(=O)NCCCn2cnc3ccccc32)nnc1-c1ccccc1. The van der Waals surface area contributed by atoms with E-state index >= 15 is 0 Å². The summed E-state index contributed by atoms with van der Waals surface area (Å²) in [6.07, 6.45) is 3.66. The van der Waals surface area contributed by atoms with Crippen LogP contribution >= 0.6 is 11.8 Å². The second kappa shape index (κ2) is 10.5. The fourth-order valence-electron chi connectivity index (χ4n) is 3.59. The van der Waals surface area contributed by atoms with Gasteiger partial charge in [0.25, 0.3) is 0 Å². The number of hydrogen-bond donors (Lipinski definition) is 1. The third-order valence-electron chi connectivity index (χ3n) is 5.49. The number of carbonyl (C=O) groups excluding carboxylic acids is 1. The summed E-state index contributed by atoms with van der Waals surface area (Å²) < 4.78 is 4.26.